The molecule has 0 saturated carbocycles. The van der Waals surface area contributed by atoms with E-state index in [0.29, 0.717) is 6.42 Å². The normalized spacial score (nSPS) is 13.1. The highest BCUT2D eigenvalue weighted by atomic mass is 17.2. The topological polar surface area (TPSA) is 74.2 Å². The number of aliphatic hydroxyl groups excluding tert-OH is 1. The molecule has 0 fully saturated rings. The maximum Gasteiger partial charge on any atom is 0.311 e. The van der Waals surface area contributed by atoms with Gasteiger partial charge in [-0.25, -0.2) is 9.78 Å². The zero-order chi connectivity index (χ0) is 15.6. The minimum absolute atomic E-state index is 0.0646. The van der Waals surface area contributed by atoms with Crippen molar-refractivity contribution in [1.82, 2.24) is 0 Å². The van der Waals surface area contributed by atoms with Crippen LogP contribution in [0.3, 0.4) is 0 Å². The van der Waals surface area contributed by atoms with Gasteiger partial charge in [0, 0.05) is 0 Å². The van der Waals surface area contributed by atoms with Gasteiger partial charge < -0.3 is 14.6 Å². The summed E-state index contributed by atoms with van der Waals surface area (Å²) >= 11 is 0. The highest BCUT2D eigenvalue weighted by Crippen LogP contribution is 2.21. The predicted octanol–water partition coefficient (Wildman–Crippen LogP) is 1.83. The lowest BCUT2D eigenvalue weighted by Crippen LogP contribution is -2.27. The molecule has 0 amide bonds. The predicted molar refractivity (Wildman–Crippen MR) is 73.7 cm³/mol. The van der Waals surface area contributed by atoms with Crippen LogP contribution in [0.1, 0.15) is 34.1 Å². The van der Waals surface area contributed by atoms with Gasteiger partial charge in [-0.2, -0.15) is 0 Å². The Hall–Kier alpha value is -0.950. The molecule has 0 heterocycles. The summed E-state index contributed by atoms with van der Waals surface area (Å²) in [6.45, 7) is 11.4. The Kier molecular flexibility index (Phi) is 9.41. The minimum atomic E-state index is -1.18. The van der Waals surface area contributed by atoms with Crippen molar-refractivity contribution in [3.8, 4) is 0 Å². The SMILES string of the molecule is C=C(C)COOC(O)COCCOC(=O)C(C)(C)CC. The number of hydrogen-bond donors (Lipinski definition) is 1. The smallest absolute Gasteiger partial charge is 0.311 e. The zero-order valence-corrected chi connectivity index (χ0v) is 12.8. The van der Waals surface area contributed by atoms with Crippen LogP contribution < -0.4 is 0 Å². The number of hydrogen-bond acceptors (Lipinski definition) is 6. The summed E-state index contributed by atoms with van der Waals surface area (Å²) in [7, 11) is 0. The molecule has 0 rings (SSSR count). The van der Waals surface area contributed by atoms with Crippen LogP contribution in [-0.2, 0) is 24.0 Å². The van der Waals surface area contributed by atoms with E-state index in [1.807, 2.05) is 20.8 Å². The van der Waals surface area contributed by atoms with Crippen molar-refractivity contribution >= 4 is 5.97 Å². The van der Waals surface area contributed by atoms with E-state index in [2.05, 4.69) is 11.5 Å². The van der Waals surface area contributed by atoms with Crippen molar-refractivity contribution in [2.24, 2.45) is 5.41 Å². The molecule has 0 aromatic heterocycles. The lowest BCUT2D eigenvalue weighted by Gasteiger charge is -2.20. The fourth-order valence-corrected chi connectivity index (χ4v) is 0.958. The van der Waals surface area contributed by atoms with Crippen LogP contribution in [0.25, 0.3) is 0 Å². The largest absolute Gasteiger partial charge is 0.463 e. The summed E-state index contributed by atoms with van der Waals surface area (Å²) in [6.07, 6.45) is -0.476. The van der Waals surface area contributed by atoms with Gasteiger partial charge in [-0.1, -0.05) is 19.1 Å². The monoisotopic (exact) mass is 290 g/mol. The Bertz CT molecular complexity index is 300. The molecule has 0 aromatic carbocycles. The molecule has 1 N–H and O–H groups in total. The summed E-state index contributed by atoms with van der Waals surface area (Å²) in [4.78, 5) is 20.9. The van der Waals surface area contributed by atoms with Crippen LogP contribution in [-0.4, -0.2) is 43.8 Å². The molecular formula is C14H26O6. The van der Waals surface area contributed by atoms with Crippen LogP contribution in [0.5, 0.6) is 0 Å². The first-order chi connectivity index (χ1) is 9.29. The first-order valence-electron chi connectivity index (χ1n) is 6.65. The molecule has 0 saturated heterocycles. The Balaban J connectivity index is 3.57. The molecule has 118 valence electrons. The van der Waals surface area contributed by atoms with Crippen molar-refractivity contribution < 1.29 is 29.1 Å². The maximum absolute atomic E-state index is 11.6. The standard InChI is InChI=1S/C14H26O6/c1-6-14(4,5)13(16)18-8-7-17-10-12(15)20-19-9-11(2)3/h12,15H,2,6-10H2,1,3-5H3. The van der Waals surface area contributed by atoms with Crippen LogP contribution in [0, 0.1) is 5.41 Å². The average Bonchev–Trinajstić information content (AvgIpc) is 2.37. The summed E-state index contributed by atoms with van der Waals surface area (Å²) in [5.41, 5.74) is 0.294. The van der Waals surface area contributed by atoms with E-state index in [-0.39, 0.29) is 32.4 Å². The van der Waals surface area contributed by atoms with E-state index in [1.165, 1.54) is 0 Å². The van der Waals surface area contributed by atoms with E-state index in [9.17, 15) is 9.90 Å². The molecule has 0 spiro atoms. The third-order valence-electron chi connectivity index (χ3n) is 2.64. The lowest BCUT2D eigenvalue weighted by molar-refractivity contribution is -0.371. The van der Waals surface area contributed by atoms with Crippen LogP contribution in [0.2, 0.25) is 0 Å². The maximum atomic E-state index is 11.6. The summed E-state index contributed by atoms with van der Waals surface area (Å²) in [6, 6.07) is 0. The second-order valence-corrected chi connectivity index (χ2v) is 5.22. The van der Waals surface area contributed by atoms with Gasteiger partial charge in [0.25, 0.3) is 0 Å². The van der Waals surface area contributed by atoms with Crippen LogP contribution in [0.4, 0.5) is 0 Å². The lowest BCUT2D eigenvalue weighted by atomic mass is 9.91. The van der Waals surface area contributed by atoms with Crippen molar-refractivity contribution in [3.05, 3.63) is 12.2 Å². The first-order valence-corrected chi connectivity index (χ1v) is 6.65. The Morgan fingerprint density at radius 3 is 2.55 bits per heavy atom. The molecule has 0 aromatic rings. The molecule has 0 bridgehead atoms. The van der Waals surface area contributed by atoms with Crippen molar-refractivity contribution in [2.75, 3.05) is 26.4 Å². The third kappa shape index (κ3) is 9.03. The van der Waals surface area contributed by atoms with Crippen LogP contribution in [0.15, 0.2) is 12.2 Å². The molecule has 0 aliphatic heterocycles. The second-order valence-electron chi connectivity index (χ2n) is 5.22. The van der Waals surface area contributed by atoms with Gasteiger partial charge >= 0.3 is 5.97 Å². The minimum Gasteiger partial charge on any atom is -0.463 e. The zero-order valence-electron chi connectivity index (χ0n) is 12.8. The molecule has 6 nitrogen and oxygen atoms in total. The fourth-order valence-electron chi connectivity index (χ4n) is 0.958. The Labute approximate surface area is 120 Å². The van der Waals surface area contributed by atoms with Gasteiger partial charge in [-0.15, -0.1) is 0 Å². The van der Waals surface area contributed by atoms with Gasteiger partial charge in [-0.05, 0) is 27.2 Å². The molecule has 0 aliphatic rings. The number of ether oxygens (including phenoxy) is 2. The third-order valence-corrected chi connectivity index (χ3v) is 2.64. The summed E-state index contributed by atoms with van der Waals surface area (Å²) in [5, 5.41) is 9.33. The van der Waals surface area contributed by atoms with E-state index in [4.69, 9.17) is 14.4 Å². The summed E-state index contributed by atoms with van der Waals surface area (Å²) in [5.74, 6) is -0.259. The van der Waals surface area contributed by atoms with Gasteiger partial charge in [0.05, 0.1) is 12.0 Å². The molecule has 20 heavy (non-hydrogen) atoms. The van der Waals surface area contributed by atoms with Crippen molar-refractivity contribution in [3.63, 3.8) is 0 Å². The van der Waals surface area contributed by atoms with Gasteiger partial charge in [0.15, 0.2) is 0 Å². The summed E-state index contributed by atoms with van der Waals surface area (Å²) < 4.78 is 10.2. The van der Waals surface area contributed by atoms with E-state index in [0.717, 1.165) is 5.57 Å². The molecule has 1 atom stereocenters. The van der Waals surface area contributed by atoms with E-state index < -0.39 is 11.7 Å². The first kappa shape index (κ1) is 19.1. The number of rotatable bonds is 11. The number of carbonyl (C=O) groups excluding carboxylic acids is 1. The highest BCUT2D eigenvalue weighted by Gasteiger charge is 2.26. The molecule has 1 unspecified atom stereocenters. The number of esters is 1. The fraction of sp³-hybridized carbons (Fsp3) is 0.786. The molecule has 0 aliphatic carbocycles. The van der Waals surface area contributed by atoms with E-state index in [1.54, 1.807) is 6.92 Å². The van der Waals surface area contributed by atoms with Gasteiger partial charge in [0.2, 0.25) is 6.29 Å². The number of aliphatic hydroxyl groups is 1. The number of carbonyl (C=O) groups is 1. The molecular weight excluding hydrogens is 264 g/mol. The molecule has 6 heteroatoms. The average molecular weight is 290 g/mol. The van der Waals surface area contributed by atoms with Gasteiger partial charge in [-0.3, -0.25) is 4.79 Å². The highest BCUT2D eigenvalue weighted by molar-refractivity contribution is 5.75. The Morgan fingerprint density at radius 2 is 2.00 bits per heavy atom. The van der Waals surface area contributed by atoms with Crippen LogP contribution >= 0.6 is 0 Å². The van der Waals surface area contributed by atoms with Crippen molar-refractivity contribution in [1.29, 1.82) is 0 Å². The van der Waals surface area contributed by atoms with Gasteiger partial charge in [0.1, 0.15) is 19.8 Å². The van der Waals surface area contributed by atoms with E-state index >= 15 is 0 Å². The van der Waals surface area contributed by atoms with Crippen molar-refractivity contribution in [2.45, 2.75) is 40.4 Å². The second kappa shape index (κ2) is 9.88. The molecule has 0 radical (unpaired) electrons. The quantitative estimate of drug-likeness (QED) is 0.156. The Morgan fingerprint density at radius 1 is 1.35 bits per heavy atom.